The van der Waals surface area contributed by atoms with Crippen molar-refractivity contribution >= 4 is 50.8 Å². The number of rotatable bonds is 8. The van der Waals surface area contributed by atoms with Crippen molar-refractivity contribution < 1.29 is 28.2 Å². The number of hydrogen-bond acceptors (Lipinski definition) is 6. The average molecular weight is 671 g/mol. The van der Waals surface area contributed by atoms with E-state index in [-0.39, 0.29) is 44.0 Å². The molecule has 244 valence electrons. The summed E-state index contributed by atoms with van der Waals surface area (Å²) in [4.78, 5) is 34.0. The quantitative estimate of drug-likeness (QED) is 0.195. The van der Waals surface area contributed by atoms with Gasteiger partial charge in [0.15, 0.2) is 0 Å². The summed E-state index contributed by atoms with van der Waals surface area (Å²) in [6, 6.07) is 10.7. The van der Waals surface area contributed by atoms with Crippen LogP contribution in [0.3, 0.4) is 0 Å². The Hall–Kier alpha value is -3.96. The highest BCUT2D eigenvalue weighted by molar-refractivity contribution is 7.21. The minimum atomic E-state index is -0.967. The van der Waals surface area contributed by atoms with Gasteiger partial charge in [0, 0.05) is 42.5 Å². The first-order valence-electron chi connectivity index (χ1n) is 15.0. The standard InChI is InChI=1S/C34H37ClF2N4O4S/c1-34(2,3)18-41(33(43)44)23-9-7-22(8-10-23)40(32(42)31-29(35)28-24(36)11-12-25(37)30(28)46-31)17-21-15-19(5-13-26(21)45-4)20-6-14-27(38)39-16-20/h5-6,11-16,22-23H,7-10,17-18H2,1-4H3,(H2,38,39)(H,43,44). The van der Waals surface area contributed by atoms with E-state index in [0.717, 1.165) is 34.6 Å². The van der Waals surface area contributed by atoms with E-state index in [1.54, 1.807) is 24.3 Å². The van der Waals surface area contributed by atoms with Gasteiger partial charge >= 0.3 is 6.09 Å². The SMILES string of the molecule is COc1ccc(-c2ccc(N)nc2)cc1CN(C(=O)c1sc2c(F)ccc(F)c2c1Cl)C1CCC(N(CC(C)(C)C)C(=O)O)CC1. The molecule has 0 saturated heterocycles. The van der Waals surface area contributed by atoms with Gasteiger partial charge < -0.3 is 25.4 Å². The Morgan fingerprint density at radius 1 is 1.02 bits per heavy atom. The number of amides is 2. The molecule has 0 spiro atoms. The van der Waals surface area contributed by atoms with Crippen molar-refractivity contribution in [2.75, 3.05) is 19.4 Å². The molecule has 46 heavy (non-hydrogen) atoms. The molecule has 5 rings (SSSR count). The largest absolute Gasteiger partial charge is 0.496 e. The molecular formula is C34H37ClF2N4O4S. The number of thiophene rings is 1. The number of fused-ring (bicyclic) bond motifs is 1. The number of ether oxygens (including phenoxy) is 1. The first-order valence-corrected chi connectivity index (χ1v) is 16.2. The van der Waals surface area contributed by atoms with Crippen LogP contribution in [0.4, 0.5) is 19.4 Å². The number of hydrogen-bond donors (Lipinski definition) is 2. The lowest BCUT2D eigenvalue weighted by Gasteiger charge is -2.41. The Labute approximate surface area is 275 Å². The molecule has 8 nitrogen and oxygen atoms in total. The molecule has 0 atom stereocenters. The number of pyridine rings is 1. The molecule has 0 unspecified atom stereocenters. The number of aromatic nitrogens is 1. The third-order valence-electron chi connectivity index (χ3n) is 8.32. The second-order valence-corrected chi connectivity index (χ2v) is 14.2. The fraction of sp³-hybridized carbons (Fsp3) is 0.382. The molecule has 0 bridgehead atoms. The minimum Gasteiger partial charge on any atom is -0.496 e. The summed E-state index contributed by atoms with van der Waals surface area (Å²) < 4.78 is 35.2. The lowest BCUT2D eigenvalue weighted by Crippen LogP contribution is -2.49. The smallest absolute Gasteiger partial charge is 0.407 e. The zero-order valence-electron chi connectivity index (χ0n) is 26.1. The summed E-state index contributed by atoms with van der Waals surface area (Å²) in [5.41, 5.74) is 7.93. The van der Waals surface area contributed by atoms with Gasteiger partial charge in [-0.2, -0.15) is 0 Å². The molecule has 2 aromatic carbocycles. The Bertz CT molecular complexity index is 1750. The van der Waals surface area contributed by atoms with Crippen molar-refractivity contribution in [2.24, 2.45) is 5.41 Å². The van der Waals surface area contributed by atoms with Gasteiger partial charge in [0.05, 0.1) is 22.2 Å². The number of carbonyl (C=O) groups excluding carboxylic acids is 1. The highest BCUT2D eigenvalue weighted by Crippen LogP contribution is 2.41. The van der Waals surface area contributed by atoms with Gasteiger partial charge in [-0.25, -0.2) is 18.6 Å². The molecule has 1 aliphatic carbocycles. The van der Waals surface area contributed by atoms with E-state index in [2.05, 4.69) is 4.98 Å². The summed E-state index contributed by atoms with van der Waals surface area (Å²) >= 11 is 7.42. The first-order chi connectivity index (χ1) is 21.8. The summed E-state index contributed by atoms with van der Waals surface area (Å²) in [7, 11) is 1.55. The van der Waals surface area contributed by atoms with Gasteiger partial charge in [0.2, 0.25) is 0 Å². The molecule has 1 aliphatic rings. The number of nitrogen functional groups attached to an aromatic ring is 1. The van der Waals surface area contributed by atoms with Crippen LogP contribution in [0, 0.1) is 17.0 Å². The number of anilines is 1. The number of nitrogens with two attached hydrogens (primary N) is 1. The molecule has 4 aromatic rings. The van der Waals surface area contributed by atoms with Crippen molar-refractivity contribution in [3.05, 3.63) is 75.8 Å². The average Bonchev–Trinajstić information content (AvgIpc) is 3.38. The fourth-order valence-electron chi connectivity index (χ4n) is 6.12. The van der Waals surface area contributed by atoms with Crippen LogP contribution in [-0.4, -0.2) is 57.6 Å². The van der Waals surface area contributed by atoms with Crippen molar-refractivity contribution in [1.82, 2.24) is 14.8 Å². The van der Waals surface area contributed by atoms with Crippen molar-refractivity contribution in [2.45, 2.75) is 65.1 Å². The third kappa shape index (κ3) is 7.05. The summed E-state index contributed by atoms with van der Waals surface area (Å²) in [6.07, 6.45) is 2.85. The highest BCUT2D eigenvalue weighted by atomic mass is 35.5. The minimum absolute atomic E-state index is 0.0216. The van der Waals surface area contributed by atoms with Crippen LogP contribution >= 0.6 is 22.9 Å². The molecule has 0 radical (unpaired) electrons. The highest BCUT2D eigenvalue weighted by Gasteiger charge is 2.36. The Balaban J connectivity index is 1.52. The first kappa shape index (κ1) is 33.4. The van der Waals surface area contributed by atoms with Gasteiger partial charge in [0.1, 0.15) is 28.1 Å². The van der Waals surface area contributed by atoms with E-state index >= 15 is 0 Å². The molecule has 2 heterocycles. The van der Waals surface area contributed by atoms with E-state index in [1.165, 1.54) is 4.90 Å². The number of nitrogens with zero attached hydrogens (tertiary/aromatic N) is 3. The predicted molar refractivity (Wildman–Crippen MR) is 177 cm³/mol. The van der Waals surface area contributed by atoms with Crippen LogP contribution in [0.2, 0.25) is 5.02 Å². The van der Waals surface area contributed by atoms with Gasteiger partial charge in [-0.15, -0.1) is 11.3 Å². The normalized spacial score (nSPS) is 16.8. The van der Waals surface area contributed by atoms with Crippen LogP contribution in [0.5, 0.6) is 5.75 Å². The van der Waals surface area contributed by atoms with Crippen molar-refractivity contribution in [3.8, 4) is 16.9 Å². The fourth-order valence-corrected chi connectivity index (χ4v) is 7.62. The van der Waals surface area contributed by atoms with Crippen LogP contribution in [0.15, 0.2) is 48.7 Å². The molecule has 2 aromatic heterocycles. The lowest BCUT2D eigenvalue weighted by molar-refractivity contribution is 0.0492. The van der Waals surface area contributed by atoms with Crippen LogP contribution in [0.1, 0.15) is 61.7 Å². The second kappa shape index (κ2) is 13.4. The Morgan fingerprint density at radius 2 is 1.65 bits per heavy atom. The maximum Gasteiger partial charge on any atom is 0.407 e. The van der Waals surface area contributed by atoms with E-state index in [9.17, 15) is 23.5 Å². The predicted octanol–water partition coefficient (Wildman–Crippen LogP) is 8.47. The van der Waals surface area contributed by atoms with E-state index in [1.807, 2.05) is 45.0 Å². The number of carbonyl (C=O) groups is 2. The maximum atomic E-state index is 14.8. The van der Waals surface area contributed by atoms with Gasteiger partial charge in [-0.3, -0.25) is 4.79 Å². The summed E-state index contributed by atoms with van der Waals surface area (Å²) in [5.74, 6) is -0.876. The Kier molecular flexibility index (Phi) is 9.74. The van der Waals surface area contributed by atoms with E-state index < -0.39 is 23.6 Å². The van der Waals surface area contributed by atoms with Gasteiger partial charge in [0.25, 0.3) is 5.91 Å². The molecule has 12 heteroatoms. The second-order valence-electron chi connectivity index (χ2n) is 12.8. The lowest BCUT2D eigenvalue weighted by atomic mass is 9.87. The zero-order valence-corrected chi connectivity index (χ0v) is 27.7. The zero-order chi connectivity index (χ0) is 33.3. The van der Waals surface area contributed by atoms with Gasteiger partial charge in [-0.1, -0.05) is 38.4 Å². The van der Waals surface area contributed by atoms with Crippen molar-refractivity contribution in [3.63, 3.8) is 0 Å². The third-order valence-corrected chi connectivity index (χ3v) is 9.99. The molecule has 2 amide bonds. The topological polar surface area (TPSA) is 109 Å². The molecule has 1 saturated carbocycles. The van der Waals surface area contributed by atoms with Crippen LogP contribution < -0.4 is 10.5 Å². The number of methoxy groups -OCH3 is 1. The number of halogens is 3. The monoisotopic (exact) mass is 670 g/mol. The van der Waals surface area contributed by atoms with E-state index in [4.69, 9.17) is 22.1 Å². The van der Waals surface area contributed by atoms with Crippen molar-refractivity contribution in [1.29, 1.82) is 0 Å². The number of benzene rings is 2. The van der Waals surface area contributed by atoms with Crippen LogP contribution in [-0.2, 0) is 6.54 Å². The summed E-state index contributed by atoms with van der Waals surface area (Å²) in [5, 5.41) is 9.75. The maximum absolute atomic E-state index is 14.8. The van der Waals surface area contributed by atoms with Crippen LogP contribution in [0.25, 0.3) is 21.2 Å². The molecular weight excluding hydrogens is 634 g/mol. The van der Waals surface area contributed by atoms with Gasteiger partial charge in [-0.05, 0) is 73.1 Å². The van der Waals surface area contributed by atoms with E-state index in [0.29, 0.717) is 49.4 Å². The number of carboxylic acid groups (broad SMARTS) is 1. The summed E-state index contributed by atoms with van der Waals surface area (Å²) in [6.45, 7) is 6.50. The molecule has 3 N–H and O–H groups in total. The molecule has 0 aliphatic heterocycles. The Morgan fingerprint density at radius 3 is 2.22 bits per heavy atom. The molecule has 1 fully saturated rings.